The monoisotopic (exact) mass is 293 g/mol. The van der Waals surface area contributed by atoms with Crippen LogP contribution < -0.4 is 10.6 Å². The molecule has 110 valence electrons. The van der Waals surface area contributed by atoms with Crippen molar-refractivity contribution in [3.8, 4) is 0 Å². The summed E-state index contributed by atoms with van der Waals surface area (Å²) in [6.07, 6.45) is 4.00. The first-order chi connectivity index (χ1) is 9.65. The Balaban J connectivity index is 1.69. The van der Waals surface area contributed by atoms with Crippen LogP contribution in [-0.2, 0) is 0 Å². The van der Waals surface area contributed by atoms with Crippen LogP contribution in [0, 0.1) is 0 Å². The molecule has 2 fully saturated rings. The predicted octanol–water partition coefficient (Wildman–Crippen LogP) is 3.03. The van der Waals surface area contributed by atoms with Crippen molar-refractivity contribution in [1.29, 1.82) is 0 Å². The van der Waals surface area contributed by atoms with Crippen LogP contribution in [0.2, 0.25) is 5.02 Å². The molecule has 2 N–H and O–H groups in total. The van der Waals surface area contributed by atoms with Crippen LogP contribution in [0.15, 0.2) is 18.2 Å². The molecule has 3 rings (SSSR count). The Kier molecular flexibility index (Phi) is 4.20. The maximum Gasteiger partial charge on any atom is 0.0474 e. The quantitative estimate of drug-likeness (QED) is 0.930. The molecule has 2 heterocycles. The molecule has 2 aliphatic rings. The standard InChI is InChI=1S/C16H24ClN3/c1-12(18)15-5-4-13(10-16(15)17)20-9-6-14(11-20)19-7-2-3-8-19/h4-5,10,12,14H,2-3,6-9,11,18H2,1H3. The summed E-state index contributed by atoms with van der Waals surface area (Å²) < 4.78 is 0. The average Bonchev–Trinajstić information content (AvgIpc) is 3.09. The Labute approximate surface area is 126 Å². The summed E-state index contributed by atoms with van der Waals surface area (Å²) in [6, 6.07) is 7.03. The molecule has 0 saturated carbocycles. The molecule has 0 aromatic heterocycles. The summed E-state index contributed by atoms with van der Waals surface area (Å²) in [5, 5.41) is 0.794. The van der Waals surface area contributed by atoms with Gasteiger partial charge < -0.3 is 10.6 Å². The highest BCUT2D eigenvalue weighted by Gasteiger charge is 2.29. The van der Waals surface area contributed by atoms with Gasteiger partial charge in [0.25, 0.3) is 0 Å². The second-order valence-electron chi connectivity index (χ2n) is 6.13. The van der Waals surface area contributed by atoms with E-state index in [1.54, 1.807) is 0 Å². The Morgan fingerprint density at radius 2 is 2.00 bits per heavy atom. The van der Waals surface area contributed by atoms with Gasteiger partial charge in [-0.2, -0.15) is 0 Å². The second kappa shape index (κ2) is 5.92. The van der Waals surface area contributed by atoms with E-state index in [-0.39, 0.29) is 6.04 Å². The predicted molar refractivity (Wildman–Crippen MR) is 85.5 cm³/mol. The number of nitrogens with two attached hydrogens (primary N) is 1. The minimum Gasteiger partial charge on any atom is -0.370 e. The van der Waals surface area contributed by atoms with E-state index in [0.29, 0.717) is 0 Å². The highest BCUT2D eigenvalue weighted by atomic mass is 35.5. The third kappa shape index (κ3) is 2.80. The van der Waals surface area contributed by atoms with Crippen LogP contribution in [0.4, 0.5) is 5.69 Å². The van der Waals surface area contributed by atoms with Gasteiger partial charge in [-0.25, -0.2) is 0 Å². The van der Waals surface area contributed by atoms with E-state index < -0.39 is 0 Å². The molecule has 3 nitrogen and oxygen atoms in total. The van der Waals surface area contributed by atoms with Crippen molar-refractivity contribution < 1.29 is 0 Å². The van der Waals surface area contributed by atoms with E-state index in [4.69, 9.17) is 17.3 Å². The third-order valence-corrected chi connectivity index (χ3v) is 4.99. The van der Waals surface area contributed by atoms with Crippen molar-refractivity contribution in [2.24, 2.45) is 5.73 Å². The molecule has 4 heteroatoms. The summed E-state index contributed by atoms with van der Waals surface area (Å²) in [5.41, 5.74) is 8.19. The number of benzene rings is 1. The number of anilines is 1. The van der Waals surface area contributed by atoms with Gasteiger partial charge in [-0.3, -0.25) is 4.90 Å². The Morgan fingerprint density at radius 1 is 1.25 bits per heavy atom. The number of hydrogen-bond acceptors (Lipinski definition) is 3. The lowest BCUT2D eigenvalue weighted by Gasteiger charge is -2.25. The maximum atomic E-state index is 6.35. The van der Waals surface area contributed by atoms with E-state index in [0.717, 1.165) is 29.7 Å². The van der Waals surface area contributed by atoms with Gasteiger partial charge in [-0.15, -0.1) is 0 Å². The first-order valence-electron chi connectivity index (χ1n) is 7.69. The van der Waals surface area contributed by atoms with Gasteiger partial charge in [0.15, 0.2) is 0 Å². The van der Waals surface area contributed by atoms with E-state index in [9.17, 15) is 0 Å². The number of likely N-dealkylation sites (tertiary alicyclic amines) is 1. The maximum absolute atomic E-state index is 6.35. The minimum atomic E-state index is -0.00697. The number of rotatable bonds is 3. The molecule has 0 bridgehead atoms. The van der Waals surface area contributed by atoms with E-state index in [2.05, 4.69) is 28.0 Å². The van der Waals surface area contributed by atoms with E-state index in [1.165, 1.54) is 38.0 Å². The zero-order valence-electron chi connectivity index (χ0n) is 12.2. The summed E-state index contributed by atoms with van der Waals surface area (Å²) in [4.78, 5) is 5.11. The van der Waals surface area contributed by atoms with Crippen LogP contribution in [0.25, 0.3) is 0 Å². The molecule has 0 aliphatic carbocycles. The SMILES string of the molecule is CC(N)c1ccc(N2CCC(N3CCCC3)C2)cc1Cl. The smallest absolute Gasteiger partial charge is 0.0474 e. The van der Waals surface area contributed by atoms with Crippen molar-refractivity contribution in [2.45, 2.75) is 38.3 Å². The van der Waals surface area contributed by atoms with Crippen molar-refractivity contribution in [2.75, 3.05) is 31.1 Å². The first kappa shape index (κ1) is 14.2. The fourth-order valence-electron chi connectivity index (χ4n) is 3.46. The molecule has 0 spiro atoms. The Bertz CT molecular complexity index is 469. The van der Waals surface area contributed by atoms with Gasteiger partial charge in [0, 0.05) is 35.9 Å². The number of halogens is 1. The first-order valence-corrected chi connectivity index (χ1v) is 8.07. The van der Waals surface area contributed by atoms with Crippen LogP contribution in [0.5, 0.6) is 0 Å². The van der Waals surface area contributed by atoms with Gasteiger partial charge in [-0.05, 0) is 57.0 Å². The molecule has 2 aliphatic heterocycles. The summed E-state index contributed by atoms with van der Waals surface area (Å²) in [7, 11) is 0. The second-order valence-corrected chi connectivity index (χ2v) is 6.53. The van der Waals surface area contributed by atoms with Crippen LogP contribution >= 0.6 is 11.6 Å². The molecule has 2 unspecified atom stereocenters. The fourth-order valence-corrected chi connectivity index (χ4v) is 3.81. The van der Waals surface area contributed by atoms with Crippen molar-refractivity contribution in [3.05, 3.63) is 28.8 Å². The highest BCUT2D eigenvalue weighted by Crippen LogP contribution is 2.30. The molecule has 1 aromatic rings. The molecule has 0 amide bonds. The lowest BCUT2D eigenvalue weighted by atomic mass is 10.1. The van der Waals surface area contributed by atoms with E-state index >= 15 is 0 Å². The van der Waals surface area contributed by atoms with Crippen molar-refractivity contribution in [3.63, 3.8) is 0 Å². The van der Waals surface area contributed by atoms with Crippen LogP contribution in [-0.4, -0.2) is 37.1 Å². The molecule has 2 saturated heterocycles. The fraction of sp³-hybridized carbons (Fsp3) is 0.625. The Morgan fingerprint density at radius 3 is 2.65 bits per heavy atom. The molecule has 1 aromatic carbocycles. The van der Waals surface area contributed by atoms with Gasteiger partial charge in [-0.1, -0.05) is 17.7 Å². The molecule has 20 heavy (non-hydrogen) atoms. The highest BCUT2D eigenvalue weighted by molar-refractivity contribution is 6.31. The summed E-state index contributed by atoms with van der Waals surface area (Å²) >= 11 is 6.35. The van der Waals surface area contributed by atoms with E-state index in [1.807, 2.05) is 6.92 Å². The molecular formula is C16H24ClN3. The zero-order valence-corrected chi connectivity index (χ0v) is 12.9. The van der Waals surface area contributed by atoms with Gasteiger partial charge in [0.1, 0.15) is 0 Å². The van der Waals surface area contributed by atoms with Gasteiger partial charge in [0.05, 0.1) is 0 Å². The number of nitrogens with zero attached hydrogens (tertiary/aromatic N) is 2. The lowest BCUT2D eigenvalue weighted by molar-refractivity contribution is 0.260. The molecule has 2 atom stereocenters. The minimum absolute atomic E-state index is 0.00697. The largest absolute Gasteiger partial charge is 0.370 e. The summed E-state index contributed by atoms with van der Waals surface area (Å²) in [5.74, 6) is 0. The number of hydrogen-bond donors (Lipinski definition) is 1. The Hall–Kier alpha value is -0.770. The molecular weight excluding hydrogens is 270 g/mol. The zero-order chi connectivity index (χ0) is 14.1. The summed E-state index contributed by atoms with van der Waals surface area (Å²) in [6.45, 7) is 6.80. The van der Waals surface area contributed by atoms with Crippen LogP contribution in [0.1, 0.15) is 37.8 Å². The normalized spacial score (nSPS) is 25.4. The topological polar surface area (TPSA) is 32.5 Å². The average molecular weight is 294 g/mol. The van der Waals surface area contributed by atoms with Crippen molar-refractivity contribution in [1.82, 2.24) is 4.90 Å². The van der Waals surface area contributed by atoms with Gasteiger partial charge in [0.2, 0.25) is 0 Å². The lowest BCUT2D eigenvalue weighted by Crippen LogP contribution is -2.35. The molecule has 0 radical (unpaired) electrons. The van der Waals surface area contributed by atoms with Gasteiger partial charge >= 0.3 is 0 Å². The third-order valence-electron chi connectivity index (χ3n) is 4.66. The van der Waals surface area contributed by atoms with Crippen LogP contribution in [0.3, 0.4) is 0 Å². The van der Waals surface area contributed by atoms with Crippen molar-refractivity contribution >= 4 is 17.3 Å².